The van der Waals surface area contributed by atoms with E-state index in [1.165, 1.54) is 5.56 Å². The summed E-state index contributed by atoms with van der Waals surface area (Å²) in [4.78, 5) is 25.1. The molecule has 1 N–H and O–H groups in total. The van der Waals surface area contributed by atoms with E-state index >= 15 is 0 Å². The molecule has 0 aliphatic rings. The van der Waals surface area contributed by atoms with Crippen LogP contribution in [-0.4, -0.2) is 18.6 Å². The fraction of sp³-hybridized carbons (Fsp3) is 0.308. The molecule has 0 saturated heterocycles. The molecule has 0 radical (unpaired) electrons. The summed E-state index contributed by atoms with van der Waals surface area (Å²) in [6.45, 7) is 9.91. The molecule has 0 saturated carbocycles. The summed E-state index contributed by atoms with van der Waals surface area (Å²) >= 11 is 0. The van der Waals surface area contributed by atoms with E-state index < -0.39 is 5.63 Å². The third-order valence-corrected chi connectivity index (χ3v) is 5.20. The Kier molecular flexibility index (Phi) is 7.29. The molecule has 0 aliphatic heterocycles. The molecule has 0 bridgehead atoms. The topological polar surface area (TPSA) is 68.5 Å². The van der Waals surface area contributed by atoms with Crippen LogP contribution >= 0.6 is 0 Å². The number of rotatable bonds is 9. The zero-order valence-corrected chi connectivity index (χ0v) is 18.4. The van der Waals surface area contributed by atoms with E-state index in [1.807, 2.05) is 51.1 Å². The molecular weight excluding hydrogens is 390 g/mol. The van der Waals surface area contributed by atoms with Gasteiger partial charge in [0.1, 0.15) is 17.9 Å². The van der Waals surface area contributed by atoms with Crippen molar-refractivity contribution in [2.45, 2.75) is 46.1 Å². The van der Waals surface area contributed by atoms with Crippen molar-refractivity contribution in [2.24, 2.45) is 0 Å². The van der Waals surface area contributed by atoms with Crippen molar-refractivity contribution in [3.8, 4) is 5.75 Å². The van der Waals surface area contributed by atoms with Gasteiger partial charge in [-0.1, -0.05) is 36.9 Å². The van der Waals surface area contributed by atoms with Crippen LogP contribution in [0.1, 0.15) is 37.0 Å². The number of ether oxygens (including phenoxy) is 1. The minimum Gasteiger partial charge on any atom is -0.489 e. The Bertz CT molecular complexity index is 1130. The van der Waals surface area contributed by atoms with E-state index in [0.717, 1.165) is 29.4 Å². The number of benzene rings is 2. The minimum absolute atomic E-state index is 0.00626. The molecule has 1 unspecified atom stereocenters. The Morgan fingerprint density at radius 3 is 2.65 bits per heavy atom. The second kappa shape index (κ2) is 10.1. The molecule has 5 heteroatoms. The quantitative estimate of drug-likeness (QED) is 0.402. The predicted octanol–water partition coefficient (Wildman–Crippen LogP) is 4.74. The lowest BCUT2D eigenvalue weighted by Crippen LogP contribution is -2.35. The van der Waals surface area contributed by atoms with Crippen molar-refractivity contribution in [1.29, 1.82) is 0 Å². The van der Waals surface area contributed by atoms with Crippen molar-refractivity contribution in [1.82, 2.24) is 5.32 Å². The lowest BCUT2D eigenvalue weighted by atomic mass is 10.0. The first-order valence-electron chi connectivity index (χ1n) is 10.5. The van der Waals surface area contributed by atoms with E-state index in [9.17, 15) is 9.59 Å². The van der Waals surface area contributed by atoms with Crippen LogP contribution in [0.5, 0.6) is 5.75 Å². The number of hydrogen-bond donors (Lipinski definition) is 1. The van der Waals surface area contributed by atoms with Gasteiger partial charge in [0.25, 0.3) is 0 Å². The van der Waals surface area contributed by atoms with Crippen molar-refractivity contribution >= 4 is 16.9 Å². The van der Waals surface area contributed by atoms with Crippen molar-refractivity contribution in [3.63, 3.8) is 0 Å². The summed E-state index contributed by atoms with van der Waals surface area (Å²) in [7, 11) is 0. The summed E-state index contributed by atoms with van der Waals surface area (Å²) in [6.07, 6.45) is 1.71. The summed E-state index contributed by atoms with van der Waals surface area (Å²) in [5, 5.41) is 3.78. The number of nitrogens with one attached hydrogen (secondary N) is 1. The van der Waals surface area contributed by atoms with Crippen molar-refractivity contribution in [3.05, 3.63) is 87.8 Å². The van der Waals surface area contributed by atoms with Crippen LogP contribution in [0.3, 0.4) is 0 Å². The second-order valence-electron chi connectivity index (χ2n) is 8.07. The first-order valence-corrected chi connectivity index (χ1v) is 10.5. The Hall–Kier alpha value is -3.34. The Morgan fingerprint density at radius 2 is 1.94 bits per heavy atom. The highest BCUT2D eigenvalue weighted by Crippen LogP contribution is 2.24. The maximum atomic E-state index is 12.6. The number of amides is 1. The highest BCUT2D eigenvalue weighted by atomic mass is 16.5. The van der Waals surface area contributed by atoms with Gasteiger partial charge in [-0.25, -0.2) is 4.79 Å². The highest BCUT2D eigenvalue weighted by Gasteiger charge is 2.16. The largest absolute Gasteiger partial charge is 0.489 e. The lowest BCUT2D eigenvalue weighted by molar-refractivity contribution is -0.121. The molecule has 1 amide bonds. The number of carbonyl (C=O) groups is 1. The van der Waals surface area contributed by atoms with Crippen LogP contribution < -0.4 is 15.7 Å². The van der Waals surface area contributed by atoms with E-state index in [0.29, 0.717) is 23.5 Å². The number of fused-ring (bicyclic) bond motifs is 1. The van der Waals surface area contributed by atoms with Crippen LogP contribution in [0.25, 0.3) is 11.0 Å². The molecule has 31 heavy (non-hydrogen) atoms. The molecule has 162 valence electrons. The monoisotopic (exact) mass is 419 g/mol. The lowest BCUT2D eigenvalue weighted by Gasteiger charge is -2.15. The normalized spacial score (nSPS) is 11.8. The SMILES string of the molecule is C=C(C)COc1ccc2c(C)c(CC(=O)NC(C)CCc3ccccc3)c(=O)oc2c1. The van der Waals surface area contributed by atoms with E-state index in [2.05, 4.69) is 24.0 Å². The fourth-order valence-electron chi connectivity index (χ4n) is 3.46. The van der Waals surface area contributed by atoms with Gasteiger partial charge in [0.15, 0.2) is 0 Å². The maximum absolute atomic E-state index is 12.6. The van der Waals surface area contributed by atoms with Gasteiger partial charge in [0, 0.05) is 17.5 Å². The summed E-state index contributed by atoms with van der Waals surface area (Å²) in [5.74, 6) is 0.424. The Balaban J connectivity index is 1.67. The highest BCUT2D eigenvalue weighted by molar-refractivity contribution is 5.85. The molecule has 3 aromatic rings. The van der Waals surface area contributed by atoms with E-state index in [1.54, 1.807) is 6.07 Å². The third-order valence-electron chi connectivity index (χ3n) is 5.20. The first-order chi connectivity index (χ1) is 14.8. The maximum Gasteiger partial charge on any atom is 0.340 e. The van der Waals surface area contributed by atoms with Gasteiger partial charge >= 0.3 is 5.63 Å². The molecule has 1 aromatic heterocycles. The fourth-order valence-corrected chi connectivity index (χ4v) is 3.46. The summed E-state index contributed by atoms with van der Waals surface area (Å²) in [5.41, 5.74) is 3.23. The molecule has 1 atom stereocenters. The van der Waals surface area contributed by atoms with Crippen LogP contribution in [0.15, 0.2) is 69.9 Å². The summed E-state index contributed by atoms with van der Waals surface area (Å²) < 4.78 is 11.1. The van der Waals surface area contributed by atoms with Crippen molar-refractivity contribution in [2.75, 3.05) is 6.61 Å². The second-order valence-corrected chi connectivity index (χ2v) is 8.07. The van der Waals surface area contributed by atoms with Crippen LogP contribution in [-0.2, 0) is 17.6 Å². The number of carbonyl (C=O) groups excluding carboxylic acids is 1. The van der Waals surface area contributed by atoms with Gasteiger partial charge in [-0.3, -0.25) is 4.79 Å². The van der Waals surface area contributed by atoms with Crippen LogP contribution in [0.2, 0.25) is 0 Å². The molecule has 2 aromatic carbocycles. The van der Waals surface area contributed by atoms with Gasteiger partial charge in [0.2, 0.25) is 5.91 Å². The molecule has 0 fully saturated rings. The molecule has 0 aliphatic carbocycles. The van der Waals surface area contributed by atoms with Crippen molar-refractivity contribution < 1.29 is 13.9 Å². The predicted molar refractivity (Wildman–Crippen MR) is 124 cm³/mol. The molecule has 1 heterocycles. The number of aryl methyl sites for hydroxylation is 2. The minimum atomic E-state index is -0.492. The van der Waals surface area contributed by atoms with Gasteiger partial charge in [-0.05, 0) is 62.4 Å². The third kappa shape index (κ3) is 6.07. The Labute approximate surface area is 182 Å². The average molecular weight is 420 g/mol. The number of hydrogen-bond acceptors (Lipinski definition) is 4. The van der Waals surface area contributed by atoms with Gasteiger partial charge in [-0.15, -0.1) is 0 Å². The first kappa shape index (κ1) is 22.3. The summed E-state index contributed by atoms with van der Waals surface area (Å²) in [6, 6.07) is 15.5. The van der Waals surface area contributed by atoms with Crippen LogP contribution in [0.4, 0.5) is 0 Å². The van der Waals surface area contributed by atoms with Crippen LogP contribution in [0, 0.1) is 6.92 Å². The van der Waals surface area contributed by atoms with E-state index in [-0.39, 0.29) is 18.4 Å². The van der Waals surface area contributed by atoms with Gasteiger partial charge < -0.3 is 14.5 Å². The standard InChI is InChI=1S/C26H29NO4/c1-17(2)16-30-21-12-13-22-19(4)23(26(29)31-24(22)14-21)15-25(28)27-18(3)10-11-20-8-6-5-7-9-20/h5-9,12-14,18H,1,10-11,15-16H2,2-4H3,(H,27,28). The van der Waals surface area contributed by atoms with Gasteiger partial charge in [-0.2, -0.15) is 0 Å². The smallest absolute Gasteiger partial charge is 0.340 e. The average Bonchev–Trinajstić information content (AvgIpc) is 2.74. The molecular formula is C26H29NO4. The zero-order chi connectivity index (χ0) is 22.4. The Morgan fingerprint density at radius 1 is 1.19 bits per heavy atom. The molecule has 5 nitrogen and oxygen atoms in total. The molecule has 3 rings (SSSR count). The van der Waals surface area contributed by atoms with Gasteiger partial charge in [0.05, 0.1) is 12.0 Å². The van der Waals surface area contributed by atoms with E-state index in [4.69, 9.17) is 9.15 Å². The molecule has 0 spiro atoms. The zero-order valence-electron chi connectivity index (χ0n) is 18.4.